The smallest absolute Gasteiger partial charge is 0.372 e. The summed E-state index contributed by atoms with van der Waals surface area (Å²) in [5.41, 5.74) is -0.110. The first-order chi connectivity index (χ1) is 7.38. The van der Waals surface area contributed by atoms with Crippen molar-refractivity contribution >= 4 is 17.3 Å². The lowest BCUT2D eigenvalue weighted by molar-refractivity contribution is -0.137. The highest BCUT2D eigenvalue weighted by Crippen LogP contribution is 2.35. The van der Waals surface area contributed by atoms with Crippen LogP contribution in [0.25, 0.3) is 0 Å². The van der Waals surface area contributed by atoms with Gasteiger partial charge in [0, 0.05) is 0 Å². The van der Waals surface area contributed by atoms with Gasteiger partial charge in [-0.1, -0.05) is 0 Å². The molecule has 0 aromatic heterocycles. The first kappa shape index (κ1) is 10.8. The van der Waals surface area contributed by atoms with Gasteiger partial charge in [-0.15, -0.1) is 0 Å². The van der Waals surface area contributed by atoms with Crippen molar-refractivity contribution < 1.29 is 18.0 Å². The number of anilines is 2. The van der Waals surface area contributed by atoms with Crippen LogP contribution < -0.4 is 10.6 Å². The summed E-state index contributed by atoms with van der Waals surface area (Å²) in [5, 5.41) is 5.23. The number of benzene rings is 1. The molecule has 0 radical (unpaired) electrons. The van der Waals surface area contributed by atoms with Crippen molar-refractivity contribution in [2.45, 2.75) is 19.1 Å². The molecule has 1 amide bonds. The summed E-state index contributed by atoms with van der Waals surface area (Å²) in [6, 6.07) is 2.78. The summed E-state index contributed by atoms with van der Waals surface area (Å²) < 4.78 is 37.2. The average molecular weight is 230 g/mol. The molecule has 6 heteroatoms. The van der Waals surface area contributed by atoms with Crippen molar-refractivity contribution in [2.75, 3.05) is 10.6 Å². The molecule has 2 N–H and O–H groups in total. The predicted molar refractivity (Wildman–Crippen MR) is 53.2 cm³/mol. The van der Waals surface area contributed by atoms with E-state index in [1.54, 1.807) is 6.92 Å². The first-order valence-corrected chi connectivity index (χ1v) is 4.66. The Morgan fingerprint density at radius 2 is 1.94 bits per heavy atom. The fourth-order valence-electron chi connectivity index (χ4n) is 1.49. The summed E-state index contributed by atoms with van der Waals surface area (Å²) in [4.78, 5) is 11.3. The van der Waals surface area contributed by atoms with Gasteiger partial charge in [0.15, 0.2) is 0 Å². The summed E-state index contributed by atoms with van der Waals surface area (Å²) in [5.74, 6) is -0.341. The van der Waals surface area contributed by atoms with E-state index >= 15 is 0 Å². The van der Waals surface area contributed by atoms with Gasteiger partial charge in [0.2, 0.25) is 5.91 Å². The van der Waals surface area contributed by atoms with Crippen LogP contribution in [-0.4, -0.2) is 11.9 Å². The van der Waals surface area contributed by atoms with Crippen LogP contribution in [0.5, 0.6) is 0 Å². The zero-order valence-electron chi connectivity index (χ0n) is 8.35. The van der Waals surface area contributed by atoms with E-state index in [4.69, 9.17) is 0 Å². The molecule has 16 heavy (non-hydrogen) atoms. The van der Waals surface area contributed by atoms with Crippen LogP contribution in [0.4, 0.5) is 24.5 Å². The Hall–Kier alpha value is -1.72. The second kappa shape index (κ2) is 3.40. The maximum Gasteiger partial charge on any atom is 0.416 e. The van der Waals surface area contributed by atoms with Crippen LogP contribution in [0.15, 0.2) is 18.2 Å². The summed E-state index contributed by atoms with van der Waals surface area (Å²) >= 11 is 0. The minimum atomic E-state index is -4.40. The lowest BCUT2D eigenvalue weighted by atomic mass is 10.1. The minimum absolute atomic E-state index is 0.165. The largest absolute Gasteiger partial charge is 0.416 e. The standard InChI is InChI=1S/C10H9F3N2O/c1-5-9(16)15-8-4-6(10(11,12)13)2-3-7(8)14-5/h2-5,14H,1H3,(H,15,16). The highest BCUT2D eigenvalue weighted by atomic mass is 19.4. The minimum Gasteiger partial charge on any atom is -0.372 e. The molecule has 1 unspecified atom stereocenters. The third-order valence-corrected chi connectivity index (χ3v) is 2.37. The zero-order valence-corrected chi connectivity index (χ0v) is 8.35. The highest BCUT2D eigenvalue weighted by Gasteiger charge is 2.32. The van der Waals surface area contributed by atoms with Crippen LogP contribution in [0.2, 0.25) is 0 Å². The number of nitrogens with one attached hydrogen (secondary N) is 2. The molecule has 0 spiro atoms. The van der Waals surface area contributed by atoms with Crippen molar-refractivity contribution in [3.05, 3.63) is 23.8 Å². The predicted octanol–water partition coefficient (Wildman–Crippen LogP) is 2.46. The normalized spacial score (nSPS) is 19.8. The summed E-state index contributed by atoms with van der Waals surface area (Å²) in [6.07, 6.45) is -4.40. The van der Waals surface area contributed by atoms with Crippen molar-refractivity contribution in [3.8, 4) is 0 Å². The van der Waals surface area contributed by atoms with Crippen LogP contribution in [0.3, 0.4) is 0 Å². The Labute approximate surface area is 89.6 Å². The van der Waals surface area contributed by atoms with E-state index in [1.165, 1.54) is 6.07 Å². The van der Waals surface area contributed by atoms with Gasteiger partial charge in [-0.2, -0.15) is 13.2 Å². The van der Waals surface area contributed by atoms with Crippen molar-refractivity contribution in [2.24, 2.45) is 0 Å². The second-order valence-electron chi connectivity index (χ2n) is 3.61. The molecular weight excluding hydrogens is 221 g/mol. The van der Waals surface area contributed by atoms with E-state index < -0.39 is 17.8 Å². The maximum atomic E-state index is 12.4. The number of halogens is 3. The van der Waals surface area contributed by atoms with Crippen LogP contribution in [0.1, 0.15) is 12.5 Å². The monoisotopic (exact) mass is 230 g/mol. The first-order valence-electron chi connectivity index (χ1n) is 4.66. The number of fused-ring (bicyclic) bond motifs is 1. The number of hydrogen-bond acceptors (Lipinski definition) is 2. The van der Waals surface area contributed by atoms with Crippen LogP contribution in [-0.2, 0) is 11.0 Å². The molecule has 0 aliphatic carbocycles. The third-order valence-electron chi connectivity index (χ3n) is 2.37. The van der Waals surface area contributed by atoms with E-state index in [0.29, 0.717) is 5.69 Å². The molecule has 1 aromatic carbocycles. The fraction of sp³-hybridized carbons (Fsp3) is 0.300. The number of amides is 1. The van der Waals surface area contributed by atoms with Gasteiger partial charge in [0.05, 0.1) is 16.9 Å². The Bertz CT molecular complexity index is 442. The molecule has 0 bridgehead atoms. The van der Waals surface area contributed by atoms with Gasteiger partial charge < -0.3 is 10.6 Å². The van der Waals surface area contributed by atoms with Gasteiger partial charge in [-0.05, 0) is 25.1 Å². The Morgan fingerprint density at radius 3 is 2.56 bits per heavy atom. The number of carbonyl (C=O) groups excluding carboxylic acids is 1. The highest BCUT2D eigenvalue weighted by molar-refractivity contribution is 6.02. The molecule has 0 saturated carbocycles. The molecule has 1 atom stereocenters. The van der Waals surface area contributed by atoms with Gasteiger partial charge >= 0.3 is 6.18 Å². The fourth-order valence-corrected chi connectivity index (χ4v) is 1.49. The van der Waals surface area contributed by atoms with E-state index in [0.717, 1.165) is 12.1 Å². The molecule has 2 rings (SSSR count). The van der Waals surface area contributed by atoms with E-state index in [9.17, 15) is 18.0 Å². The SMILES string of the molecule is CC1Nc2ccc(C(F)(F)F)cc2NC1=O. The molecule has 3 nitrogen and oxygen atoms in total. The van der Waals surface area contributed by atoms with Gasteiger partial charge in [-0.3, -0.25) is 4.79 Å². The Balaban J connectivity index is 2.40. The molecule has 1 aliphatic rings. The van der Waals surface area contributed by atoms with Crippen LogP contribution >= 0.6 is 0 Å². The lowest BCUT2D eigenvalue weighted by Gasteiger charge is -2.24. The lowest BCUT2D eigenvalue weighted by Crippen LogP contribution is -2.36. The molecule has 1 aliphatic heterocycles. The van der Waals surface area contributed by atoms with E-state index in [2.05, 4.69) is 10.6 Å². The van der Waals surface area contributed by atoms with Gasteiger partial charge in [0.25, 0.3) is 0 Å². The third kappa shape index (κ3) is 1.82. The second-order valence-corrected chi connectivity index (χ2v) is 3.61. The maximum absolute atomic E-state index is 12.4. The zero-order chi connectivity index (χ0) is 11.9. The molecule has 86 valence electrons. The molecule has 0 saturated heterocycles. The quantitative estimate of drug-likeness (QED) is 0.718. The molecule has 1 aromatic rings. The number of alkyl halides is 3. The average Bonchev–Trinajstić information content (AvgIpc) is 2.17. The summed E-state index contributed by atoms with van der Waals surface area (Å²) in [6.45, 7) is 1.63. The molecule has 0 fully saturated rings. The molecular formula is C10H9F3N2O. The number of hydrogen-bond donors (Lipinski definition) is 2. The Morgan fingerprint density at radius 1 is 1.25 bits per heavy atom. The number of rotatable bonds is 0. The summed E-state index contributed by atoms with van der Waals surface area (Å²) in [7, 11) is 0. The van der Waals surface area contributed by atoms with E-state index in [-0.39, 0.29) is 11.6 Å². The van der Waals surface area contributed by atoms with Gasteiger partial charge in [0.1, 0.15) is 6.04 Å². The van der Waals surface area contributed by atoms with Crippen molar-refractivity contribution in [1.82, 2.24) is 0 Å². The number of carbonyl (C=O) groups is 1. The van der Waals surface area contributed by atoms with Gasteiger partial charge in [-0.25, -0.2) is 0 Å². The Kier molecular flexibility index (Phi) is 2.29. The van der Waals surface area contributed by atoms with E-state index in [1.807, 2.05) is 0 Å². The van der Waals surface area contributed by atoms with Crippen molar-refractivity contribution in [1.29, 1.82) is 0 Å². The van der Waals surface area contributed by atoms with Crippen LogP contribution in [0, 0.1) is 0 Å². The molecule has 1 heterocycles. The topological polar surface area (TPSA) is 41.1 Å². The van der Waals surface area contributed by atoms with Crippen molar-refractivity contribution in [3.63, 3.8) is 0 Å².